The average molecular weight is 287 g/mol. The molecular weight excluding hydrogens is 268 g/mol. The van der Waals surface area contributed by atoms with Gasteiger partial charge in [0.15, 0.2) is 0 Å². The Balaban J connectivity index is 2.76. The van der Waals surface area contributed by atoms with E-state index in [-0.39, 0.29) is 24.2 Å². The predicted molar refractivity (Wildman–Crippen MR) is 70.7 cm³/mol. The molecular formula is C14H19F2NO3. The van der Waals surface area contributed by atoms with Gasteiger partial charge in [-0.15, -0.1) is 0 Å². The molecule has 0 aliphatic rings. The Morgan fingerprint density at radius 2 is 1.95 bits per heavy atom. The molecule has 1 aromatic rings. The summed E-state index contributed by atoms with van der Waals surface area (Å²) < 4.78 is 33.1. The smallest absolute Gasteiger partial charge is 0.387 e. The highest BCUT2D eigenvalue weighted by atomic mass is 19.3. The first-order valence-corrected chi connectivity index (χ1v) is 6.41. The minimum atomic E-state index is -2.84. The summed E-state index contributed by atoms with van der Waals surface area (Å²) in [5, 5.41) is 3.22. The number of hydrogen-bond donors (Lipinski definition) is 1. The minimum absolute atomic E-state index is 0.0936. The van der Waals surface area contributed by atoms with Gasteiger partial charge in [0.2, 0.25) is 0 Å². The first kappa shape index (κ1) is 16.4. The van der Waals surface area contributed by atoms with Gasteiger partial charge in [-0.25, -0.2) is 0 Å². The van der Waals surface area contributed by atoms with E-state index in [2.05, 4.69) is 14.8 Å². The maximum absolute atomic E-state index is 12.1. The number of carbonyl (C=O) groups is 1. The van der Waals surface area contributed by atoms with Gasteiger partial charge in [0.05, 0.1) is 13.5 Å². The highest BCUT2D eigenvalue weighted by molar-refractivity contribution is 5.70. The van der Waals surface area contributed by atoms with E-state index in [9.17, 15) is 13.6 Å². The molecule has 0 amide bonds. The number of nitrogens with one attached hydrogen (secondary N) is 1. The van der Waals surface area contributed by atoms with Crippen LogP contribution in [0.15, 0.2) is 24.3 Å². The Bertz CT molecular complexity index is 409. The van der Waals surface area contributed by atoms with Gasteiger partial charge in [-0.1, -0.05) is 19.1 Å². The zero-order chi connectivity index (χ0) is 15.0. The van der Waals surface area contributed by atoms with Gasteiger partial charge in [0.1, 0.15) is 5.75 Å². The topological polar surface area (TPSA) is 47.6 Å². The average Bonchev–Trinajstić information content (AvgIpc) is 2.43. The Kier molecular flexibility index (Phi) is 6.93. The Morgan fingerprint density at radius 1 is 1.30 bits per heavy atom. The van der Waals surface area contributed by atoms with Crippen LogP contribution in [0.2, 0.25) is 0 Å². The first-order chi connectivity index (χ1) is 9.56. The van der Waals surface area contributed by atoms with Crippen molar-refractivity contribution in [1.82, 2.24) is 5.32 Å². The molecule has 20 heavy (non-hydrogen) atoms. The van der Waals surface area contributed by atoms with E-state index >= 15 is 0 Å². The quantitative estimate of drug-likeness (QED) is 0.747. The molecule has 1 atom stereocenters. The van der Waals surface area contributed by atoms with Crippen LogP contribution in [0.1, 0.15) is 31.4 Å². The predicted octanol–water partition coefficient (Wildman–Crippen LogP) is 2.89. The minimum Gasteiger partial charge on any atom is -0.469 e. The van der Waals surface area contributed by atoms with Crippen molar-refractivity contribution < 1.29 is 23.0 Å². The molecule has 0 heterocycles. The number of carbonyl (C=O) groups excluding carboxylic acids is 1. The van der Waals surface area contributed by atoms with Crippen LogP contribution < -0.4 is 10.1 Å². The van der Waals surface area contributed by atoms with Crippen molar-refractivity contribution in [3.05, 3.63) is 29.8 Å². The summed E-state index contributed by atoms with van der Waals surface area (Å²) in [7, 11) is 1.33. The van der Waals surface area contributed by atoms with E-state index in [1.165, 1.54) is 19.2 Å². The highest BCUT2D eigenvalue weighted by Crippen LogP contribution is 2.22. The van der Waals surface area contributed by atoms with Crippen molar-refractivity contribution in [2.24, 2.45) is 0 Å². The normalized spacial score (nSPS) is 12.2. The number of methoxy groups -OCH3 is 1. The molecule has 0 bridgehead atoms. The fourth-order valence-electron chi connectivity index (χ4n) is 1.76. The van der Waals surface area contributed by atoms with Gasteiger partial charge < -0.3 is 14.8 Å². The van der Waals surface area contributed by atoms with Crippen molar-refractivity contribution >= 4 is 5.97 Å². The Hall–Kier alpha value is -1.69. The lowest BCUT2D eigenvalue weighted by Crippen LogP contribution is -2.25. The van der Waals surface area contributed by atoms with E-state index in [0.29, 0.717) is 0 Å². The molecule has 0 aliphatic carbocycles. The Labute approximate surface area is 117 Å². The lowest BCUT2D eigenvalue weighted by Gasteiger charge is -2.18. The molecule has 1 N–H and O–H groups in total. The molecule has 0 spiro atoms. The number of esters is 1. The molecule has 1 rings (SSSR count). The number of alkyl halides is 2. The molecule has 4 nitrogen and oxygen atoms in total. The van der Waals surface area contributed by atoms with Crippen LogP contribution in [0.4, 0.5) is 8.78 Å². The molecule has 1 unspecified atom stereocenters. The zero-order valence-corrected chi connectivity index (χ0v) is 11.6. The third-order valence-corrected chi connectivity index (χ3v) is 2.75. The third kappa shape index (κ3) is 5.52. The maximum atomic E-state index is 12.1. The van der Waals surface area contributed by atoms with Gasteiger partial charge in [-0.05, 0) is 30.7 Å². The van der Waals surface area contributed by atoms with E-state index in [4.69, 9.17) is 0 Å². The van der Waals surface area contributed by atoms with Crippen LogP contribution in [0.5, 0.6) is 5.75 Å². The van der Waals surface area contributed by atoms with Crippen LogP contribution in [-0.2, 0) is 9.53 Å². The molecule has 0 saturated heterocycles. The summed E-state index contributed by atoms with van der Waals surface area (Å²) in [4.78, 5) is 11.4. The maximum Gasteiger partial charge on any atom is 0.387 e. The second kappa shape index (κ2) is 8.47. The van der Waals surface area contributed by atoms with E-state index in [1.807, 2.05) is 6.92 Å². The zero-order valence-electron chi connectivity index (χ0n) is 11.6. The number of hydrogen-bond acceptors (Lipinski definition) is 4. The van der Waals surface area contributed by atoms with Crippen LogP contribution in [0.3, 0.4) is 0 Å². The van der Waals surface area contributed by atoms with Crippen LogP contribution in [-0.4, -0.2) is 26.2 Å². The molecule has 112 valence electrons. The number of rotatable bonds is 8. The third-order valence-electron chi connectivity index (χ3n) is 2.75. The van der Waals surface area contributed by atoms with Crippen LogP contribution in [0, 0.1) is 0 Å². The summed E-state index contributed by atoms with van der Waals surface area (Å²) in [5.74, 6) is -0.234. The molecule has 6 heteroatoms. The van der Waals surface area contributed by atoms with Gasteiger partial charge in [0, 0.05) is 6.04 Å². The van der Waals surface area contributed by atoms with Gasteiger partial charge in [0.25, 0.3) is 0 Å². The number of benzene rings is 1. The SMILES string of the molecule is CCCNC(CC(=O)OC)c1ccc(OC(F)F)cc1. The molecule has 0 fully saturated rings. The van der Waals surface area contributed by atoms with Crippen molar-refractivity contribution in [2.45, 2.75) is 32.4 Å². The van der Waals surface area contributed by atoms with Gasteiger partial charge >= 0.3 is 12.6 Å². The first-order valence-electron chi connectivity index (χ1n) is 6.41. The fraction of sp³-hybridized carbons (Fsp3) is 0.500. The molecule has 0 aromatic heterocycles. The van der Waals surface area contributed by atoms with Crippen molar-refractivity contribution in [3.8, 4) is 5.75 Å². The van der Waals surface area contributed by atoms with Crippen molar-refractivity contribution in [1.29, 1.82) is 0 Å². The fourth-order valence-corrected chi connectivity index (χ4v) is 1.76. The number of halogens is 2. The summed E-state index contributed by atoms with van der Waals surface area (Å²) >= 11 is 0. The Morgan fingerprint density at radius 3 is 2.45 bits per heavy atom. The van der Waals surface area contributed by atoms with Gasteiger partial charge in [-0.2, -0.15) is 8.78 Å². The summed E-state index contributed by atoms with van der Waals surface area (Å²) in [6.07, 6.45) is 1.11. The van der Waals surface area contributed by atoms with E-state index < -0.39 is 6.61 Å². The van der Waals surface area contributed by atoms with E-state index in [0.717, 1.165) is 18.5 Å². The molecule has 0 saturated carbocycles. The standard InChI is InChI=1S/C14H19F2NO3/c1-3-8-17-12(9-13(18)19-2)10-4-6-11(7-5-10)20-14(15)16/h4-7,12,14,17H,3,8-9H2,1-2H3. The second-order valence-corrected chi connectivity index (χ2v) is 4.23. The lowest BCUT2D eigenvalue weighted by atomic mass is 10.0. The second-order valence-electron chi connectivity index (χ2n) is 4.23. The molecule has 0 aliphatic heterocycles. The van der Waals surface area contributed by atoms with Crippen molar-refractivity contribution in [2.75, 3.05) is 13.7 Å². The number of ether oxygens (including phenoxy) is 2. The van der Waals surface area contributed by atoms with Gasteiger partial charge in [-0.3, -0.25) is 4.79 Å². The highest BCUT2D eigenvalue weighted by Gasteiger charge is 2.16. The summed E-state index contributed by atoms with van der Waals surface area (Å²) in [6, 6.07) is 6.03. The van der Waals surface area contributed by atoms with Crippen LogP contribution in [0.25, 0.3) is 0 Å². The van der Waals surface area contributed by atoms with Crippen molar-refractivity contribution in [3.63, 3.8) is 0 Å². The lowest BCUT2D eigenvalue weighted by molar-refractivity contribution is -0.141. The van der Waals surface area contributed by atoms with Crippen LogP contribution >= 0.6 is 0 Å². The summed E-state index contributed by atoms with van der Waals surface area (Å²) in [5.41, 5.74) is 0.825. The van der Waals surface area contributed by atoms with E-state index in [1.54, 1.807) is 12.1 Å². The summed E-state index contributed by atoms with van der Waals surface area (Å²) in [6.45, 7) is -0.0800. The molecule has 0 radical (unpaired) electrons. The largest absolute Gasteiger partial charge is 0.469 e. The molecule has 1 aromatic carbocycles. The monoisotopic (exact) mass is 287 g/mol.